The monoisotopic (exact) mass is 337 g/mol. The summed E-state index contributed by atoms with van der Waals surface area (Å²) in [6, 6.07) is 4.54. The van der Waals surface area contributed by atoms with Crippen LogP contribution in [0.1, 0.15) is 24.0 Å². The van der Waals surface area contributed by atoms with Crippen LogP contribution in [0, 0.1) is 23.1 Å². The first-order valence-corrected chi connectivity index (χ1v) is 7.06. The van der Waals surface area contributed by atoms with Crippen molar-refractivity contribution in [3.8, 4) is 6.07 Å². The Balaban J connectivity index is 2.18. The highest BCUT2D eigenvalue weighted by Crippen LogP contribution is 2.42. The molecule has 124 valence electrons. The lowest BCUT2D eigenvalue weighted by molar-refractivity contribution is -0.140. The predicted octanol–water partition coefficient (Wildman–Crippen LogP) is 2.93. The smallest absolute Gasteiger partial charge is 0.347 e. The van der Waals surface area contributed by atoms with Gasteiger partial charge in [0.15, 0.2) is 0 Å². The van der Waals surface area contributed by atoms with Crippen molar-refractivity contribution in [3.05, 3.63) is 46.4 Å². The number of nitrogens with zero attached hydrogens (tertiary/aromatic N) is 2. The van der Waals surface area contributed by atoms with Crippen LogP contribution in [-0.2, 0) is 11.0 Å². The molecule has 0 spiro atoms. The Kier molecular flexibility index (Phi) is 3.67. The third-order valence-corrected chi connectivity index (χ3v) is 4.17. The average Bonchev–Trinajstić information content (AvgIpc) is 2.86. The van der Waals surface area contributed by atoms with Crippen LogP contribution in [0.15, 0.2) is 34.5 Å². The quantitative estimate of drug-likeness (QED) is 0.801. The minimum absolute atomic E-state index is 0.0640. The summed E-state index contributed by atoms with van der Waals surface area (Å²) in [5, 5.41) is 12.0. The molecule has 2 heterocycles. The third kappa shape index (κ3) is 2.46. The second kappa shape index (κ2) is 5.44. The van der Waals surface area contributed by atoms with Crippen molar-refractivity contribution < 1.29 is 22.4 Å². The summed E-state index contributed by atoms with van der Waals surface area (Å²) in [6.45, 7) is 1.75. The number of hydrogen-bond donors (Lipinski definition) is 1. The first-order chi connectivity index (χ1) is 11.2. The van der Waals surface area contributed by atoms with Crippen LogP contribution >= 0.6 is 0 Å². The number of halogens is 4. The van der Waals surface area contributed by atoms with E-state index in [1.54, 1.807) is 6.92 Å². The Labute approximate surface area is 134 Å². The molecule has 4 nitrogen and oxygen atoms in total. The van der Waals surface area contributed by atoms with E-state index in [-0.39, 0.29) is 17.7 Å². The topological polar surface area (TPSA) is 65.2 Å². The number of nitrogens with one attached hydrogen (secondary N) is 1. The maximum absolute atomic E-state index is 13.5. The Hall–Kier alpha value is -2.69. The van der Waals surface area contributed by atoms with E-state index in [9.17, 15) is 27.6 Å². The van der Waals surface area contributed by atoms with E-state index in [0.717, 1.165) is 0 Å². The molecular weight excluding hydrogens is 326 g/mol. The van der Waals surface area contributed by atoms with Gasteiger partial charge in [0.1, 0.15) is 5.82 Å². The zero-order chi connectivity index (χ0) is 17.6. The Bertz CT molecular complexity index is 833. The highest BCUT2D eigenvalue weighted by atomic mass is 19.4. The molecule has 0 saturated heterocycles. The van der Waals surface area contributed by atoms with E-state index in [2.05, 4.69) is 10.3 Å². The van der Waals surface area contributed by atoms with Gasteiger partial charge in [0.25, 0.3) is 0 Å². The van der Waals surface area contributed by atoms with Crippen LogP contribution in [-0.4, -0.2) is 18.2 Å². The number of alkyl halides is 3. The number of amides is 1. The molecule has 3 rings (SSSR count). The molecule has 0 bridgehead atoms. The van der Waals surface area contributed by atoms with Crippen LogP contribution in [0.2, 0.25) is 0 Å². The summed E-state index contributed by atoms with van der Waals surface area (Å²) in [4.78, 5) is 16.3. The van der Waals surface area contributed by atoms with E-state index < -0.39 is 35.3 Å². The normalized spacial score (nSPS) is 23.5. The number of carbonyl (C=O) groups excluding carboxylic acids is 1. The maximum atomic E-state index is 13.5. The molecule has 1 aromatic rings. The lowest BCUT2D eigenvalue weighted by Crippen LogP contribution is -2.28. The summed E-state index contributed by atoms with van der Waals surface area (Å²) in [5.41, 5.74) is -0.360. The predicted molar refractivity (Wildman–Crippen MR) is 76.4 cm³/mol. The van der Waals surface area contributed by atoms with Gasteiger partial charge in [0, 0.05) is 17.2 Å². The standard InChI is InChI=1S/C16H11F4N3O/c1-7-9(5-21)13(14-12(23-7)6-22-15(14)24)8-2-3-11(17)10(4-8)16(18,19)20/h2-4,9,13H,6H2,1H3,(H,22,24). The number of aliphatic imine (C=N–C) groups is 1. The van der Waals surface area contributed by atoms with Crippen molar-refractivity contribution in [2.75, 3.05) is 6.54 Å². The molecule has 0 aliphatic carbocycles. The molecule has 1 amide bonds. The van der Waals surface area contributed by atoms with Crippen molar-refractivity contribution in [3.63, 3.8) is 0 Å². The van der Waals surface area contributed by atoms with Gasteiger partial charge in [-0.3, -0.25) is 9.79 Å². The van der Waals surface area contributed by atoms with Gasteiger partial charge in [-0.25, -0.2) is 4.39 Å². The number of benzene rings is 1. The molecule has 0 fully saturated rings. The fourth-order valence-corrected chi connectivity index (χ4v) is 3.08. The number of carbonyl (C=O) groups is 1. The van der Waals surface area contributed by atoms with Gasteiger partial charge in [0.2, 0.25) is 5.91 Å². The molecule has 1 N–H and O–H groups in total. The summed E-state index contributed by atoms with van der Waals surface area (Å²) in [6.07, 6.45) is -4.87. The van der Waals surface area contributed by atoms with Crippen LogP contribution in [0.4, 0.5) is 17.6 Å². The van der Waals surface area contributed by atoms with Crippen molar-refractivity contribution >= 4 is 11.6 Å². The van der Waals surface area contributed by atoms with E-state index >= 15 is 0 Å². The highest BCUT2D eigenvalue weighted by Gasteiger charge is 2.42. The zero-order valence-electron chi connectivity index (χ0n) is 12.4. The van der Waals surface area contributed by atoms with Crippen LogP contribution in [0.3, 0.4) is 0 Å². The SMILES string of the molecule is CC1=NC2=C(C(=O)NC2)C(c2ccc(F)c(C(F)(F)F)c2)C1C#N. The van der Waals surface area contributed by atoms with E-state index in [4.69, 9.17) is 0 Å². The minimum Gasteiger partial charge on any atom is -0.347 e. The first kappa shape index (κ1) is 16.2. The van der Waals surface area contributed by atoms with Gasteiger partial charge in [-0.15, -0.1) is 0 Å². The van der Waals surface area contributed by atoms with Crippen LogP contribution < -0.4 is 5.32 Å². The molecule has 1 aromatic carbocycles. The van der Waals surface area contributed by atoms with E-state index in [0.29, 0.717) is 23.5 Å². The lowest BCUT2D eigenvalue weighted by atomic mass is 9.76. The summed E-state index contributed by atoms with van der Waals surface area (Å²) in [5.74, 6) is -3.67. The molecule has 2 aliphatic rings. The first-order valence-electron chi connectivity index (χ1n) is 7.06. The number of rotatable bonds is 1. The highest BCUT2D eigenvalue weighted by molar-refractivity contribution is 6.03. The molecular formula is C16H11F4N3O. The molecule has 8 heteroatoms. The zero-order valence-corrected chi connectivity index (χ0v) is 12.4. The van der Waals surface area contributed by atoms with Crippen molar-refractivity contribution in [1.29, 1.82) is 5.26 Å². The molecule has 0 saturated carbocycles. The van der Waals surface area contributed by atoms with Crippen molar-refractivity contribution in [1.82, 2.24) is 5.32 Å². The summed E-state index contributed by atoms with van der Waals surface area (Å²) in [7, 11) is 0. The van der Waals surface area contributed by atoms with Gasteiger partial charge in [0.05, 0.1) is 29.8 Å². The fraction of sp³-hybridized carbons (Fsp3) is 0.312. The summed E-state index contributed by atoms with van der Waals surface area (Å²) >= 11 is 0. The van der Waals surface area contributed by atoms with Crippen LogP contribution in [0.25, 0.3) is 0 Å². The van der Waals surface area contributed by atoms with Crippen molar-refractivity contribution in [2.24, 2.45) is 10.9 Å². The van der Waals surface area contributed by atoms with Gasteiger partial charge >= 0.3 is 6.18 Å². The average molecular weight is 337 g/mol. The van der Waals surface area contributed by atoms with E-state index in [1.807, 2.05) is 6.07 Å². The third-order valence-electron chi connectivity index (χ3n) is 4.17. The van der Waals surface area contributed by atoms with Gasteiger partial charge < -0.3 is 5.32 Å². The Morgan fingerprint density at radius 1 is 1.38 bits per heavy atom. The van der Waals surface area contributed by atoms with Gasteiger partial charge in [-0.05, 0) is 24.6 Å². The van der Waals surface area contributed by atoms with Crippen molar-refractivity contribution in [2.45, 2.75) is 19.0 Å². The molecule has 0 aromatic heterocycles. The van der Waals surface area contributed by atoms with E-state index in [1.165, 1.54) is 6.07 Å². The second-order valence-corrected chi connectivity index (χ2v) is 5.62. The lowest BCUT2D eigenvalue weighted by Gasteiger charge is -2.27. The second-order valence-electron chi connectivity index (χ2n) is 5.62. The Morgan fingerprint density at radius 3 is 2.71 bits per heavy atom. The fourth-order valence-electron chi connectivity index (χ4n) is 3.08. The molecule has 0 radical (unpaired) electrons. The van der Waals surface area contributed by atoms with Gasteiger partial charge in [-0.2, -0.15) is 18.4 Å². The maximum Gasteiger partial charge on any atom is 0.419 e. The number of hydrogen-bond acceptors (Lipinski definition) is 3. The largest absolute Gasteiger partial charge is 0.419 e. The van der Waals surface area contributed by atoms with Gasteiger partial charge in [-0.1, -0.05) is 6.07 Å². The molecule has 24 heavy (non-hydrogen) atoms. The van der Waals surface area contributed by atoms with Crippen LogP contribution in [0.5, 0.6) is 0 Å². The number of nitriles is 1. The molecule has 2 atom stereocenters. The molecule has 2 unspecified atom stereocenters. The Morgan fingerprint density at radius 2 is 2.08 bits per heavy atom. The summed E-state index contributed by atoms with van der Waals surface area (Å²) < 4.78 is 52.5. The minimum atomic E-state index is -4.87. The molecule has 2 aliphatic heterocycles.